The Bertz CT molecular complexity index is 994. The molecule has 4 aromatic rings. The van der Waals surface area contributed by atoms with Gasteiger partial charge in [-0.1, -0.05) is 12.1 Å². The zero-order valence-corrected chi connectivity index (χ0v) is 11.9. The second-order valence-corrected chi connectivity index (χ2v) is 5.34. The molecule has 2 aromatic heterocycles. The molecule has 0 fully saturated rings. The van der Waals surface area contributed by atoms with Gasteiger partial charge in [-0.05, 0) is 12.1 Å². The summed E-state index contributed by atoms with van der Waals surface area (Å²) in [5, 5.41) is 11.4. The Balaban J connectivity index is 2.18. The summed E-state index contributed by atoms with van der Waals surface area (Å²) in [6, 6.07) is 8.50. The molecule has 0 saturated heterocycles. The highest BCUT2D eigenvalue weighted by Gasteiger charge is 2.23. The summed E-state index contributed by atoms with van der Waals surface area (Å²) in [6.07, 6.45) is 0. The van der Waals surface area contributed by atoms with E-state index in [0.717, 1.165) is 23.5 Å². The van der Waals surface area contributed by atoms with E-state index in [1.165, 1.54) is 6.07 Å². The first kappa shape index (κ1) is 12.2. The normalized spacial score (nSPS) is 11.2. The molecule has 2 heterocycles. The summed E-state index contributed by atoms with van der Waals surface area (Å²) in [7, 11) is 0. The van der Waals surface area contributed by atoms with Gasteiger partial charge in [0.15, 0.2) is 0 Å². The third-order valence-electron chi connectivity index (χ3n) is 3.16. The second-order valence-electron chi connectivity index (χ2n) is 4.29. The fraction of sp³-hybridized carbons (Fsp3) is 0. The van der Waals surface area contributed by atoms with Gasteiger partial charge in [0.2, 0.25) is 0 Å². The van der Waals surface area contributed by atoms with Crippen LogP contribution >= 0.6 is 23.5 Å². The molecule has 0 amide bonds. The Kier molecular flexibility index (Phi) is 2.62. The van der Waals surface area contributed by atoms with Crippen molar-refractivity contribution in [2.45, 2.75) is 0 Å². The van der Waals surface area contributed by atoms with Crippen molar-refractivity contribution in [1.82, 2.24) is 17.5 Å². The smallest absolute Gasteiger partial charge is 0.258 e. The monoisotopic (exact) mass is 315 g/mol. The Morgan fingerprint density at radius 3 is 2.38 bits per heavy atom. The van der Waals surface area contributed by atoms with Gasteiger partial charge in [0.05, 0.1) is 33.9 Å². The van der Waals surface area contributed by atoms with Gasteiger partial charge in [-0.3, -0.25) is 10.1 Å². The van der Waals surface area contributed by atoms with Crippen LogP contribution < -0.4 is 0 Å². The zero-order chi connectivity index (χ0) is 14.4. The van der Waals surface area contributed by atoms with E-state index in [2.05, 4.69) is 17.5 Å². The maximum atomic E-state index is 11.4. The Labute approximate surface area is 125 Å². The van der Waals surface area contributed by atoms with Crippen LogP contribution in [0.2, 0.25) is 0 Å². The van der Waals surface area contributed by atoms with Gasteiger partial charge >= 0.3 is 0 Å². The van der Waals surface area contributed by atoms with Gasteiger partial charge in [0.1, 0.15) is 22.1 Å². The minimum Gasteiger partial charge on any atom is -0.258 e. The van der Waals surface area contributed by atoms with Crippen molar-refractivity contribution in [1.29, 1.82) is 0 Å². The molecule has 0 bridgehead atoms. The summed E-state index contributed by atoms with van der Waals surface area (Å²) in [6.45, 7) is 0. The maximum absolute atomic E-state index is 11.4. The summed E-state index contributed by atoms with van der Waals surface area (Å²) >= 11 is 2.11. The quantitative estimate of drug-likeness (QED) is 0.416. The van der Waals surface area contributed by atoms with Gasteiger partial charge in [0, 0.05) is 11.6 Å². The van der Waals surface area contributed by atoms with E-state index in [4.69, 9.17) is 0 Å². The van der Waals surface area contributed by atoms with Crippen molar-refractivity contribution in [2.24, 2.45) is 0 Å². The third-order valence-corrected chi connectivity index (χ3v) is 4.24. The number of hydrogen-bond donors (Lipinski definition) is 0. The lowest BCUT2D eigenvalue weighted by Crippen LogP contribution is -1.94. The standard InChI is InChI=1S/C12H5N5O2S2/c18-17(19)9-5-4-8-12(16-21-14-8)10(9)6-2-1-3-7-11(6)15-20-13-7/h1-5H. The van der Waals surface area contributed by atoms with Crippen molar-refractivity contribution < 1.29 is 4.92 Å². The Hall–Kier alpha value is -2.52. The lowest BCUT2D eigenvalue weighted by molar-refractivity contribution is -0.384. The van der Waals surface area contributed by atoms with Crippen molar-refractivity contribution in [2.75, 3.05) is 0 Å². The minimum absolute atomic E-state index is 0.00398. The summed E-state index contributed by atoms with van der Waals surface area (Å²) < 4.78 is 16.8. The van der Waals surface area contributed by atoms with Gasteiger partial charge in [0.25, 0.3) is 5.69 Å². The molecule has 21 heavy (non-hydrogen) atoms. The molecule has 0 radical (unpaired) electrons. The SMILES string of the molecule is O=[N+]([O-])c1ccc2nsnc2c1-c1cccc2nsnc12. The van der Waals surface area contributed by atoms with Crippen LogP contribution in [0.4, 0.5) is 5.69 Å². The molecular formula is C12H5N5O2S2. The molecule has 0 aliphatic rings. The van der Waals surface area contributed by atoms with Crippen LogP contribution in [0.15, 0.2) is 30.3 Å². The highest BCUT2D eigenvalue weighted by molar-refractivity contribution is 7.00. The van der Waals surface area contributed by atoms with E-state index >= 15 is 0 Å². The molecule has 0 aliphatic carbocycles. The first-order valence-corrected chi connectivity index (χ1v) is 7.33. The molecule has 9 heteroatoms. The lowest BCUT2D eigenvalue weighted by Gasteiger charge is -2.04. The van der Waals surface area contributed by atoms with Gasteiger partial charge in [-0.25, -0.2) is 0 Å². The van der Waals surface area contributed by atoms with Crippen molar-refractivity contribution in [3.05, 3.63) is 40.4 Å². The van der Waals surface area contributed by atoms with Crippen molar-refractivity contribution >= 4 is 51.2 Å². The first-order chi connectivity index (χ1) is 10.3. The first-order valence-electron chi connectivity index (χ1n) is 5.87. The number of benzene rings is 2. The van der Waals surface area contributed by atoms with Crippen molar-refractivity contribution in [3.8, 4) is 11.1 Å². The highest BCUT2D eigenvalue weighted by atomic mass is 32.1. The molecule has 102 valence electrons. The molecular weight excluding hydrogens is 310 g/mol. The van der Waals surface area contributed by atoms with Crippen LogP contribution in [0.25, 0.3) is 33.2 Å². The second kappa shape index (κ2) is 4.50. The number of nitro benzene ring substituents is 1. The van der Waals surface area contributed by atoms with Crippen LogP contribution in [-0.2, 0) is 0 Å². The zero-order valence-electron chi connectivity index (χ0n) is 10.3. The van der Waals surface area contributed by atoms with E-state index in [1.54, 1.807) is 18.2 Å². The molecule has 4 rings (SSSR count). The molecule has 0 unspecified atom stereocenters. The highest BCUT2D eigenvalue weighted by Crippen LogP contribution is 2.38. The summed E-state index contributed by atoms with van der Waals surface area (Å²) in [5.74, 6) is 0. The largest absolute Gasteiger partial charge is 0.279 e. The fourth-order valence-corrected chi connectivity index (χ4v) is 3.36. The predicted molar refractivity (Wildman–Crippen MR) is 80.5 cm³/mol. The lowest BCUT2D eigenvalue weighted by atomic mass is 10.0. The molecule has 0 aliphatic heterocycles. The van der Waals surface area contributed by atoms with Gasteiger partial charge < -0.3 is 0 Å². The van der Waals surface area contributed by atoms with E-state index < -0.39 is 4.92 Å². The molecule has 0 saturated carbocycles. The summed E-state index contributed by atoms with van der Waals surface area (Å²) in [4.78, 5) is 11.0. The molecule has 2 aromatic carbocycles. The van der Waals surface area contributed by atoms with Crippen LogP contribution in [0.1, 0.15) is 0 Å². The van der Waals surface area contributed by atoms with E-state index in [0.29, 0.717) is 33.2 Å². The number of nitro groups is 1. The average Bonchev–Trinajstić information content (AvgIpc) is 3.13. The number of hydrogen-bond acceptors (Lipinski definition) is 8. The van der Waals surface area contributed by atoms with Crippen LogP contribution in [0, 0.1) is 10.1 Å². The topological polar surface area (TPSA) is 94.7 Å². The summed E-state index contributed by atoms with van der Waals surface area (Å²) in [5.41, 5.74) is 3.63. The third kappa shape index (κ3) is 1.78. The molecule has 0 atom stereocenters. The Morgan fingerprint density at radius 1 is 0.905 bits per heavy atom. The number of nitrogens with zero attached hydrogens (tertiary/aromatic N) is 5. The average molecular weight is 315 g/mol. The van der Waals surface area contributed by atoms with E-state index in [1.807, 2.05) is 6.07 Å². The Morgan fingerprint density at radius 2 is 1.62 bits per heavy atom. The number of fused-ring (bicyclic) bond motifs is 2. The number of rotatable bonds is 2. The van der Waals surface area contributed by atoms with Crippen LogP contribution in [-0.4, -0.2) is 22.4 Å². The number of aromatic nitrogens is 4. The van der Waals surface area contributed by atoms with Gasteiger partial charge in [-0.2, -0.15) is 17.5 Å². The predicted octanol–water partition coefficient (Wildman–Crippen LogP) is 3.27. The van der Waals surface area contributed by atoms with E-state index in [9.17, 15) is 10.1 Å². The molecule has 0 N–H and O–H groups in total. The van der Waals surface area contributed by atoms with Crippen LogP contribution in [0.5, 0.6) is 0 Å². The maximum Gasteiger partial charge on any atom is 0.279 e. The van der Waals surface area contributed by atoms with E-state index in [-0.39, 0.29) is 5.69 Å². The minimum atomic E-state index is -0.410. The van der Waals surface area contributed by atoms with Crippen LogP contribution in [0.3, 0.4) is 0 Å². The molecule has 0 spiro atoms. The molecule has 7 nitrogen and oxygen atoms in total. The van der Waals surface area contributed by atoms with Crippen molar-refractivity contribution in [3.63, 3.8) is 0 Å². The fourth-order valence-electron chi connectivity index (χ4n) is 2.27. The van der Waals surface area contributed by atoms with Gasteiger partial charge in [-0.15, -0.1) is 0 Å².